The summed E-state index contributed by atoms with van der Waals surface area (Å²) >= 11 is 3.14. The lowest BCUT2D eigenvalue weighted by Gasteiger charge is -2.06. The van der Waals surface area contributed by atoms with Crippen LogP contribution in [0, 0.1) is 6.92 Å². The maximum atomic E-state index is 11.7. The number of aryl methyl sites for hydroxylation is 1. The van der Waals surface area contributed by atoms with E-state index in [4.69, 9.17) is 0 Å². The maximum absolute atomic E-state index is 11.7. The fourth-order valence-electron chi connectivity index (χ4n) is 1.85. The monoisotopic (exact) mass is 348 g/mol. The predicted octanol–water partition coefficient (Wildman–Crippen LogP) is 2.84. The molecule has 0 atom stereocenters. The molecule has 0 aliphatic rings. The Morgan fingerprint density at radius 2 is 1.91 bits per heavy atom. The van der Waals surface area contributed by atoms with E-state index < -0.39 is 0 Å². The fourth-order valence-corrected chi connectivity index (χ4v) is 3.31. The lowest BCUT2D eigenvalue weighted by Crippen LogP contribution is -2.37. The van der Waals surface area contributed by atoms with Crippen LogP contribution in [0.5, 0.6) is 0 Å². The highest BCUT2D eigenvalue weighted by Crippen LogP contribution is 2.12. The largest absolute Gasteiger partial charge is 0.354 e. The number of carbonyl (C=O) groups excluding carboxylic acids is 2. The van der Waals surface area contributed by atoms with E-state index in [1.54, 1.807) is 17.8 Å². The molecule has 2 rings (SSSR count). The van der Waals surface area contributed by atoms with Crippen molar-refractivity contribution in [3.8, 4) is 0 Å². The third-order valence-electron chi connectivity index (χ3n) is 3.11. The first-order chi connectivity index (χ1) is 11.1. The summed E-state index contributed by atoms with van der Waals surface area (Å²) < 4.78 is 0. The van der Waals surface area contributed by atoms with Gasteiger partial charge in [0.15, 0.2) is 0 Å². The first-order valence-corrected chi connectivity index (χ1v) is 9.40. The molecule has 1 heterocycles. The quantitative estimate of drug-likeness (QED) is 0.721. The summed E-state index contributed by atoms with van der Waals surface area (Å²) in [6.07, 6.45) is 0. The van der Waals surface area contributed by atoms with Crippen LogP contribution < -0.4 is 10.6 Å². The van der Waals surface area contributed by atoms with Crippen LogP contribution in [0.2, 0.25) is 0 Å². The fraction of sp³-hybridized carbons (Fsp3) is 0.294. The molecule has 2 aromatic rings. The number of benzene rings is 1. The molecule has 1 aromatic carbocycles. The van der Waals surface area contributed by atoms with Gasteiger partial charge in [0.1, 0.15) is 0 Å². The van der Waals surface area contributed by atoms with Gasteiger partial charge in [-0.25, -0.2) is 0 Å². The molecule has 2 amide bonds. The molecule has 23 heavy (non-hydrogen) atoms. The van der Waals surface area contributed by atoms with Gasteiger partial charge in [0.05, 0.1) is 11.4 Å². The molecule has 0 radical (unpaired) electrons. The molecular weight excluding hydrogens is 328 g/mol. The molecule has 0 aliphatic carbocycles. The van der Waals surface area contributed by atoms with Crippen molar-refractivity contribution in [1.82, 2.24) is 10.6 Å². The Labute approximate surface area is 144 Å². The van der Waals surface area contributed by atoms with Gasteiger partial charge in [-0.1, -0.05) is 35.9 Å². The minimum Gasteiger partial charge on any atom is -0.354 e. The normalized spacial score (nSPS) is 10.3. The summed E-state index contributed by atoms with van der Waals surface area (Å²) in [5.74, 6) is 1.42. The van der Waals surface area contributed by atoms with E-state index in [1.807, 2.05) is 11.4 Å². The van der Waals surface area contributed by atoms with E-state index in [9.17, 15) is 9.59 Å². The molecule has 0 saturated heterocycles. The second-order valence-corrected chi connectivity index (χ2v) is 7.10. The van der Waals surface area contributed by atoms with Crippen LogP contribution in [0.4, 0.5) is 0 Å². The molecule has 122 valence electrons. The highest BCUT2D eigenvalue weighted by molar-refractivity contribution is 7.98. The van der Waals surface area contributed by atoms with Crippen LogP contribution in [0.25, 0.3) is 0 Å². The van der Waals surface area contributed by atoms with Gasteiger partial charge in [-0.05, 0) is 23.9 Å². The minimum atomic E-state index is -0.205. The third-order valence-corrected chi connectivity index (χ3v) is 5.01. The minimum absolute atomic E-state index is 0.0133. The van der Waals surface area contributed by atoms with Gasteiger partial charge in [0.2, 0.25) is 5.91 Å². The Morgan fingerprint density at radius 3 is 2.61 bits per heavy atom. The molecule has 6 heteroatoms. The number of thioether (sulfide) groups is 1. The van der Waals surface area contributed by atoms with Crippen LogP contribution in [0.15, 0.2) is 41.8 Å². The number of hydrogen-bond donors (Lipinski definition) is 2. The van der Waals surface area contributed by atoms with Crippen LogP contribution in [-0.4, -0.2) is 30.7 Å². The molecule has 4 nitrogen and oxygen atoms in total. The smallest absolute Gasteiger partial charge is 0.261 e. The highest BCUT2D eigenvalue weighted by Gasteiger charge is 2.08. The van der Waals surface area contributed by atoms with Crippen molar-refractivity contribution < 1.29 is 9.59 Å². The van der Waals surface area contributed by atoms with Crippen molar-refractivity contribution in [2.45, 2.75) is 12.7 Å². The number of rotatable bonds is 8. The average Bonchev–Trinajstić information content (AvgIpc) is 3.08. The topological polar surface area (TPSA) is 58.2 Å². The number of nitrogens with one attached hydrogen (secondary N) is 2. The standard InChI is InChI=1S/C17H20N2O2S2/c1-13-4-6-14(7-5-13)12-22-10-8-18-16(20)11-19-17(21)15-3-2-9-23-15/h2-7,9H,8,10-12H2,1H3,(H,18,20)(H,19,21). The summed E-state index contributed by atoms with van der Waals surface area (Å²) in [5.41, 5.74) is 2.55. The van der Waals surface area contributed by atoms with Gasteiger partial charge < -0.3 is 10.6 Å². The number of hydrogen-bond acceptors (Lipinski definition) is 4. The second-order valence-electron chi connectivity index (χ2n) is 5.05. The number of carbonyl (C=O) groups is 2. The molecular formula is C17H20N2O2S2. The van der Waals surface area contributed by atoms with Crippen LogP contribution in [0.3, 0.4) is 0 Å². The molecule has 1 aromatic heterocycles. The molecule has 0 bridgehead atoms. The van der Waals surface area contributed by atoms with Crippen molar-refractivity contribution >= 4 is 34.9 Å². The van der Waals surface area contributed by atoms with Crippen molar-refractivity contribution in [1.29, 1.82) is 0 Å². The SMILES string of the molecule is Cc1ccc(CSCCNC(=O)CNC(=O)c2cccs2)cc1. The average molecular weight is 348 g/mol. The zero-order valence-electron chi connectivity index (χ0n) is 13.0. The Morgan fingerprint density at radius 1 is 1.13 bits per heavy atom. The van der Waals surface area contributed by atoms with Gasteiger partial charge in [0, 0.05) is 18.1 Å². The zero-order valence-corrected chi connectivity index (χ0v) is 14.6. The van der Waals surface area contributed by atoms with Crippen molar-refractivity contribution in [2.75, 3.05) is 18.8 Å². The van der Waals surface area contributed by atoms with E-state index in [0.29, 0.717) is 11.4 Å². The summed E-state index contributed by atoms with van der Waals surface area (Å²) in [7, 11) is 0. The molecule has 0 saturated carbocycles. The van der Waals surface area contributed by atoms with Crippen LogP contribution in [-0.2, 0) is 10.5 Å². The zero-order chi connectivity index (χ0) is 16.5. The summed E-state index contributed by atoms with van der Waals surface area (Å²) in [6, 6.07) is 12.0. The van der Waals surface area contributed by atoms with E-state index in [1.165, 1.54) is 22.5 Å². The van der Waals surface area contributed by atoms with Crippen molar-refractivity contribution in [3.05, 3.63) is 57.8 Å². The first-order valence-electron chi connectivity index (χ1n) is 7.37. The summed E-state index contributed by atoms with van der Waals surface area (Å²) in [5, 5.41) is 7.25. The Kier molecular flexibility index (Phi) is 7.16. The van der Waals surface area contributed by atoms with Crippen LogP contribution >= 0.6 is 23.1 Å². The Bertz CT molecular complexity index is 625. The Balaban J connectivity index is 1.54. The summed E-state index contributed by atoms with van der Waals surface area (Å²) in [6.45, 7) is 2.69. The summed E-state index contributed by atoms with van der Waals surface area (Å²) in [4.78, 5) is 24.0. The van der Waals surface area contributed by atoms with Crippen molar-refractivity contribution in [3.63, 3.8) is 0 Å². The molecule has 2 N–H and O–H groups in total. The first kappa shape index (κ1) is 17.6. The van der Waals surface area contributed by atoms with Crippen molar-refractivity contribution in [2.24, 2.45) is 0 Å². The molecule has 0 aliphatic heterocycles. The molecule has 0 spiro atoms. The van der Waals surface area contributed by atoms with Crippen LogP contribution in [0.1, 0.15) is 20.8 Å². The van der Waals surface area contributed by atoms with Gasteiger partial charge >= 0.3 is 0 Å². The van der Waals surface area contributed by atoms with Gasteiger partial charge in [0.25, 0.3) is 5.91 Å². The van der Waals surface area contributed by atoms with E-state index in [2.05, 4.69) is 41.8 Å². The number of thiophene rings is 1. The maximum Gasteiger partial charge on any atom is 0.261 e. The molecule has 0 unspecified atom stereocenters. The third kappa shape index (κ3) is 6.46. The highest BCUT2D eigenvalue weighted by atomic mass is 32.2. The van der Waals surface area contributed by atoms with Gasteiger partial charge in [-0.3, -0.25) is 9.59 Å². The van der Waals surface area contributed by atoms with Gasteiger partial charge in [-0.15, -0.1) is 11.3 Å². The second kappa shape index (κ2) is 9.37. The van der Waals surface area contributed by atoms with E-state index >= 15 is 0 Å². The van der Waals surface area contributed by atoms with E-state index in [-0.39, 0.29) is 18.4 Å². The molecule has 0 fully saturated rings. The lowest BCUT2D eigenvalue weighted by atomic mass is 10.2. The van der Waals surface area contributed by atoms with E-state index in [0.717, 1.165) is 11.5 Å². The van der Waals surface area contributed by atoms with Gasteiger partial charge in [-0.2, -0.15) is 11.8 Å². The predicted molar refractivity (Wildman–Crippen MR) is 97.0 cm³/mol. The Hall–Kier alpha value is -1.79. The lowest BCUT2D eigenvalue weighted by molar-refractivity contribution is -0.120. The number of amides is 2.